The van der Waals surface area contributed by atoms with Gasteiger partial charge in [-0.1, -0.05) is 12.1 Å². The number of anilines is 1. The summed E-state index contributed by atoms with van der Waals surface area (Å²) in [5.41, 5.74) is 3.37. The topological polar surface area (TPSA) is 93.0 Å². The van der Waals surface area contributed by atoms with E-state index in [0.717, 1.165) is 21.4 Å². The lowest BCUT2D eigenvalue weighted by atomic mass is 10.1. The fraction of sp³-hybridized carbons (Fsp3) is 0.136. The van der Waals surface area contributed by atoms with Gasteiger partial charge < -0.3 is 14.6 Å². The van der Waals surface area contributed by atoms with Crippen LogP contribution >= 0.6 is 22.6 Å². The van der Waals surface area contributed by atoms with Crippen LogP contribution < -0.4 is 14.9 Å². The summed E-state index contributed by atoms with van der Waals surface area (Å²) in [6.07, 6.45) is -2.25. The number of ether oxygens (including phenoxy) is 2. The highest BCUT2D eigenvalue weighted by molar-refractivity contribution is 14.1. The maximum absolute atomic E-state index is 12.6. The monoisotopic (exact) mass is 571 g/mol. The third kappa shape index (κ3) is 6.57. The number of carboxylic acid groups (broad SMARTS) is 1. The predicted octanol–water partition coefficient (Wildman–Crippen LogP) is 5.44. The molecule has 0 saturated heterocycles. The minimum Gasteiger partial charge on any atom is -0.493 e. The molecule has 0 bridgehead atoms. The van der Waals surface area contributed by atoms with Gasteiger partial charge in [-0.25, -0.2) is 9.78 Å². The highest BCUT2D eigenvalue weighted by Crippen LogP contribution is 2.34. The fourth-order valence-electron chi connectivity index (χ4n) is 2.65. The Balaban J connectivity index is 1.67. The van der Waals surface area contributed by atoms with Crippen LogP contribution in [0.3, 0.4) is 0 Å². The van der Waals surface area contributed by atoms with Gasteiger partial charge in [0.2, 0.25) is 0 Å². The molecule has 11 heteroatoms. The lowest BCUT2D eigenvalue weighted by Crippen LogP contribution is -2.05. The summed E-state index contributed by atoms with van der Waals surface area (Å²) in [7, 11) is 1.49. The minimum atomic E-state index is -4.45. The molecule has 3 rings (SSSR count). The maximum Gasteiger partial charge on any atom is 0.417 e. The Morgan fingerprint density at radius 2 is 1.94 bits per heavy atom. The summed E-state index contributed by atoms with van der Waals surface area (Å²) in [6.45, 7) is 0.209. The second-order valence-corrected chi connectivity index (χ2v) is 7.79. The molecule has 0 aliphatic heterocycles. The number of methoxy groups -OCH3 is 1. The first-order valence-corrected chi connectivity index (χ1v) is 10.4. The van der Waals surface area contributed by atoms with Crippen LogP contribution in [0.2, 0.25) is 0 Å². The SMILES string of the molecule is COc1cc(/C=N\Nc2ccc(C(F)(F)F)cn2)cc(I)c1OCc1ccc(C(=O)O)cc1. The number of carboxylic acids is 1. The van der Waals surface area contributed by atoms with E-state index in [2.05, 4.69) is 38.1 Å². The third-order valence-corrected chi connectivity index (χ3v) is 5.12. The number of hydrogen-bond donors (Lipinski definition) is 2. The van der Waals surface area contributed by atoms with Crippen molar-refractivity contribution in [1.29, 1.82) is 0 Å². The van der Waals surface area contributed by atoms with Crippen LogP contribution in [0, 0.1) is 3.57 Å². The van der Waals surface area contributed by atoms with Crippen molar-refractivity contribution in [1.82, 2.24) is 4.98 Å². The predicted molar refractivity (Wildman–Crippen MR) is 124 cm³/mol. The summed E-state index contributed by atoms with van der Waals surface area (Å²) in [5.74, 6) is 0.127. The normalized spacial score (nSPS) is 11.4. The molecule has 0 saturated carbocycles. The average molecular weight is 571 g/mol. The minimum absolute atomic E-state index is 0.162. The summed E-state index contributed by atoms with van der Waals surface area (Å²) in [4.78, 5) is 14.6. The van der Waals surface area contributed by atoms with Crippen molar-refractivity contribution in [3.05, 3.63) is 80.6 Å². The number of nitrogens with zero attached hydrogens (tertiary/aromatic N) is 2. The van der Waals surface area contributed by atoms with Gasteiger partial charge in [0.15, 0.2) is 11.5 Å². The molecule has 0 fully saturated rings. The first kappa shape index (κ1) is 24.3. The van der Waals surface area contributed by atoms with Crippen molar-refractivity contribution in [2.75, 3.05) is 12.5 Å². The molecule has 1 heterocycles. The van der Waals surface area contributed by atoms with Gasteiger partial charge >= 0.3 is 12.1 Å². The molecule has 0 spiro atoms. The zero-order valence-electron chi connectivity index (χ0n) is 17.1. The quantitative estimate of drug-likeness (QED) is 0.213. The number of alkyl halides is 3. The van der Waals surface area contributed by atoms with Crippen LogP contribution in [0.1, 0.15) is 27.0 Å². The Morgan fingerprint density at radius 3 is 2.52 bits per heavy atom. The number of rotatable bonds is 8. The van der Waals surface area contributed by atoms with Gasteiger partial charge in [-0.05, 0) is 70.1 Å². The fourth-order valence-corrected chi connectivity index (χ4v) is 3.44. The second-order valence-electron chi connectivity index (χ2n) is 6.62. The number of carbonyl (C=O) groups is 1. The molecular formula is C22H17F3IN3O4. The molecule has 0 radical (unpaired) electrons. The number of nitrogens with one attached hydrogen (secondary N) is 1. The van der Waals surface area contributed by atoms with Gasteiger partial charge in [-0.3, -0.25) is 5.43 Å². The van der Waals surface area contributed by atoms with Gasteiger partial charge in [0.25, 0.3) is 0 Å². The molecular weight excluding hydrogens is 554 g/mol. The van der Waals surface area contributed by atoms with Crippen LogP contribution in [0.25, 0.3) is 0 Å². The first-order valence-electron chi connectivity index (χ1n) is 9.32. The standard InChI is InChI=1S/C22H17F3IN3O4/c1-32-18-9-14(10-28-29-19-7-6-16(11-27-19)22(23,24)25)8-17(26)20(18)33-12-13-2-4-15(5-3-13)21(30)31/h2-11H,12H2,1H3,(H,27,29)(H,30,31)/b28-10-. The number of hydrazone groups is 1. The largest absolute Gasteiger partial charge is 0.493 e. The molecule has 2 N–H and O–H groups in total. The van der Waals surface area contributed by atoms with Gasteiger partial charge in [0.1, 0.15) is 12.4 Å². The maximum atomic E-state index is 12.6. The van der Waals surface area contributed by atoms with Crippen molar-refractivity contribution < 1.29 is 32.5 Å². The van der Waals surface area contributed by atoms with E-state index in [-0.39, 0.29) is 18.0 Å². The summed E-state index contributed by atoms with van der Waals surface area (Å²) in [6, 6.07) is 11.9. The molecule has 1 aromatic heterocycles. The summed E-state index contributed by atoms with van der Waals surface area (Å²) in [5, 5.41) is 13.0. The van der Waals surface area contributed by atoms with Crippen molar-refractivity contribution in [2.24, 2.45) is 5.10 Å². The molecule has 0 amide bonds. The van der Waals surface area contributed by atoms with E-state index in [1.165, 1.54) is 31.5 Å². The smallest absolute Gasteiger partial charge is 0.417 e. The number of aromatic carboxylic acids is 1. The highest BCUT2D eigenvalue weighted by Gasteiger charge is 2.30. The van der Waals surface area contributed by atoms with E-state index in [0.29, 0.717) is 17.1 Å². The van der Waals surface area contributed by atoms with Crippen molar-refractivity contribution in [3.63, 3.8) is 0 Å². The second kappa shape index (κ2) is 10.5. The van der Waals surface area contributed by atoms with Crippen LogP contribution in [0.5, 0.6) is 11.5 Å². The molecule has 0 aliphatic rings. The first-order chi connectivity index (χ1) is 15.7. The molecule has 0 unspecified atom stereocenters. The highest BCUT2D eigenvalue weighted by atomic mass is 127. The average Bonchev–Trinajstić information content (AvgIpc) is 2.78. The van der Waals surface area contributed by atoms with Crippen LogP contribution in [-0.2, 0) is 12.8 Å². The van der Waals surface area contributed by atoms with E-state index in [1.54, 1.807) is 24.3 Å². The van der Waals surface area contributed by atoms with E-state index >= 15 is 0 Å². The number of aromatic nitrogens is 1. The zero-order valence-corrected chi connectivity index (χ0v) is 19.2. The lowest BCUT2D eigenvalue weighted by molar-refractivity contribution is -0.137. The number of pyridine rings is 1. The Bertz CT molecular complexity index is 1150. The van der Waals surface area contributed by atoms with Crippen molar-refractivity contribution >= 4 is 40.6 Å². The number of halogens is 4. The summed E-state index contributed by atoms with van der Waals surface area (Å²) >= 11 is 2.08. The summed E-state index contributed by atoms with van der Waals surface area (Å²) < 4.78 is 49.8. The van der Waals surface area contributed by atoms with Gasteiger partial charge in [0, 0.05) is 6.20 Å². The Morgan fingerprint density at radius 1 is 1.21 bits per heavy atom. The Hall–Kier alpha value is -3.35. The van der Waals surface area contributed by atoms with Gasteiger partial charge in [-0.15, -0.1) is 0 Å². The molecule has 7 nitrogen and oxygen atoms in total. The Kier molecular flexibility index (Phi) is 7.74. The molecule has 3 aromatic rings. The van der Waals surface area contributed by atoms with Crippen molar-refractivity contribution in [3.8, 4) is 11.5 Å². The van der Waals surface area contributed by atoms with Gasteiger partial charge in [-0.2, -0.15) is 18.3 Å². The van der Waals surface area contributed by atoms with E-state index < -0.39 is 17.7 Å². The van der Waals surface area contributed by atoms with Crippen molar-refractivity contribution in [2.45, 2.75) is 12.8 Å². The number of benzene rings is 2. The van der Waals surface area contributed by atoms with Crippen LogP contribution in [-0.4, -0.2) is 29.4 Å². The molecule has 33 heavy (non-hydrogen) atoms. The van der Waals surface area contributed by atoms with E-state index in [4.69, 9.17) is 14.6 Å². The molecule has 0 aliphatic carbocycles. The Labute approximate surface area is 200 Å². The lowest BCUT2D eigenvalue weighted by Gasteiger charge is -2.13. The van der Waals surface area contributed by atoms with Crippen LogP contribution in [0.4, 0.5) is 19.0 Å². The molecule has 172 valence electrons. The molecule has 0 atom stereocenters. The molecule has 2 aromatic carbocycles. The van der Waals surface area contributed by atoms with Gasteiger partial charge in [0.05, 0.1) is 28.0 Å². The third-order valence-electron chi connectivity index (χ3n) is 4.32. The number of hydrogen-bond acceptors (Lipinski definition) is 6. The zero-order chi connectivity index (χ0) is 24.0. The van der Waals surface area contributed by atoms with Crippen LogP contribution in [0.15, 0.2) is 59.8 Å². The van der Waals surface area contributed by atoms with E-state index in [1.807, 2.05) is 0 Å². The van der Waals surface area contributed by atoms with E-state index in [9.17, 15) is 18.0 Å².